The van der Waals surface area contributed by atoms with E-state index < -0.39 is 0 Å². The van der Waals surface area contributed by atoms with Crippen LogP contribution in [0.2, 0.25) is 0 Å². The SMILES string of the molecule is CCCOc1c(Br)cc(/C=N\NC(=S)NC2CCCCC2)cc1OCC. The van der Waals surface area contributed by atoms with Crippen LogP contribution in [-0.2, 0) is 0 Å². The summed E-state index contributed by atoms with van der Waals surface area (Å²) in [5, 5.41) is 8.15. The van der Waals surface area contributed by atoms with Gasteiger partial charge in [-0.05, 0) is 72.0 Å². The van der Waals surface area contributed by atoms with Crippen LogP contribution in [0.15, 0.2) is 21.7 Å². The van der Waals surface area contributed by atoms with Crippen LogP contribution in [0, 0.1) is 0 Å². The number of thiocarbonyl (C=S) groups is 1. The van der Waals surface area contributed by atoms with Gasteiger partial charge in [-0.15, -0.1) is 0 Å². The molecule has 2 N–H and O–H groups in total. The average molecular weight is 442 g/mol. The number of benzene rings is 1. The van der Waals surface area contributed by atoms with Crippen LogP contribution in [-0.4, -0.2) is 30.6 Å². The van der Waals surface area contributed by atoms with Crippen molar-refractivity contribution in [1.82, 2.24) is 10.7 Å². The van der Waals surface area contributed by atoms with E-state index in [0.717, 1.165) is 22.2 Å². The number of halogens is 1. The molecule has 26 heavy (non-hydrogen) atoms. The van der Waals surface area contributed by atoms with Crippen molar-refractivity contribution in [2.75, 3.05) is 13.2 Å². The maximum atomic E-state index is 5.79. The summed E-state index contributed by atoms with van der Waals surface area (Å²) in [5.41, 5.74) is 3.80. The zero-order valence-electron chi connectivity index (χ0n) is 15.5. The Hall–Kier alpha value is -1.34. The van der Waals surface area contributed by atoms with Gasteiger partial charge in [0.15, 0.2) is 16.6 Å². The molecule has 1 saturated carbocycles. The third-order valence-corrected chi connectivity index (χ3v) is 4.90. The van der Waals surface area contributed by atoms with Gasteiger partial charge in [0, 0.05) is 6.04 Å². The van der Waals surface area contributed by atoms with E-state index in [4.69, 9.17) is 21.7 Å². The molecule has 144 valence electrons. The van der Waals surface area contributed by atoms with E-state index in [1.165, 1.54) is 32.1 Å². The lowest BCUT2D eigenvalue weighted by molar-refractivity contribution is 0.275. The first-order valence-corrected chi connectivity index (χ1v) is 10.5. The molecule has 1 aliphatic carbocycles. The van der Waals surface area contributed by atoms with E-state index in [2.05, 4.69) is 38.7 Å². The van der Waals surface area contributed by atoms with Crippen molar-refractivity contribution in [3.63, 3.8) is 0 Å². The summed E-state index contributed by atoms with van der Waals surface area (Å²) in [6.45, 7) is 5.25. The van der Waals surface area contributed by atoms with Crippen LogP contribution >= 0.6 is 28.1 Å². The van der Waals surface area contributed by atoms with E-state index in [0.29, 0.717) is 30.1 Å². The van der Waals surface area contributed by atoms with Crippen molar-refractivity contribution >= 4 is 39.5 Å². The predicted octanol–water partition coefficient (Wildman–Crippen LogP) is 4.77. The topological polar surface area (TPSA) is 54.9 Å². The van der Waals surface area contributed by atoms with Crippen LogP contribution in [0.3, 0.4) is 0 Å². The predicted molar refractivity (Wildman–Crippen MR) is 114 cm³/mol. The van der Waals surface area contributed by atoms with Gasteiger partial charge in [0.2, 0.25) is 0 Å². The summed E-state index contributed by atoms with van der Waals surface area (Å²) >= 11 is 8.88. The number of nitrogens with zero attached hydrogens (tertiary/aromatic N) is 1. The Morgan fingerprint density at radius 2 is 2.04 bits per heavy atom. The van der Waals surface area contributed by atoms with Crippen molar-refractivity contribution in [3.05, 3.63) is 22.2 Å². The van der Waals surface area contributed by atoms with Gasteiger partial charge >= 0.3 is 0 Å². The average Bonchev–Trinajstić information content (AvgIpc) is 2.62. The maximum Gasteiger partial charge on any atom is 0.187 e. The molecule has 1 aromatic carbocycles. The summed E-state index contributed by atoms with van der Waals surface area (Å²) in [5.74, 6) is 1.44. The van der Waals surface area contributed by atoms with E-state index >= 15 is 0 Å². The van der Waals surface area contributed by atoms with Gasteiger partial charge in [0.1, 0.15) is 0 Å². The lowest BCUT2D eigenvalue weighted by Crippen LogP contribution is -2.40. The molecule has 0 spiro atoms. The van der Waals surface area contributed by atoms with E-state index in [-0.39, 0.29) is 0 Å². The second kappa shape index (κ2) is 11.4. The Kier molecular flexibility index (Phi) is 9.18. The summed E-state index contributed by atoms with van der Waals surface area (Å²) in [6, 6.07) is 4.34. The second-order valence-electron chi connectivity index (χ2n) is 6.29. The first kappa shape index (κ1) is 21.0. The van der Waals surface area contributed by atoms with Crippen LogP contribution in [0.25, 0.3) is 0 Å². The fourth-order valence-corrected chi connectivity index (χ4v) is 3.69. The fraction of sp³-hybridized carbons (Fsp3) is 0.579. The van der Waals surface area contributed by atoms with Crippen molar-refractivity contribution in [1.29, 1.82) is 0 Å². The van der Waals surface area contributed by atoms with Crippen molar-refractivity contribution in [2.24, 2.45) is 5.10 Å². The van der Waals surface area contributed by atoms with Gasteiger partial charge in [-0.2, -0.15) is 5.10 Å². The molecular formula is C19H28BrN3O2S. The van der Waals surface area contributed by atoms with Gasteiger partial charge in [-0.25, -0.2) is 0 Å². The largest absolute Gasteiger partial charge is 0.490 e. The minimum absolute atomic E-state index is 0.465. The quantitative estimate of drug-likeness (QED) is 0.345. The number of rotatable bonds is 8. The Morgan fingerprint density at radius 3 is 2.73 bits per heavy atom. The van der Waals surface area contributed by atoms with Gasteiger partial charge in [-0.3, -0.25) is 5.43 Å². The molecule has 0 amide bonds. The highest BCUT2D eigenvalue weighted by Gasteiger charge is 2.14. The van der Waals surface area contributed by atoms with Crippen LogP contribution in [0.1, 0.15) is 57.9 Å². The van der Waals surface area contributed by atoms with Gasteiger partial charge < -0.3 is 14.8 Å². The molecule has 1 aliphatic rings. The van der Waals surface area contributed by atoms with Crippen molar-refractivity contribution < 1.29 is 9.47 Å². The lowest BCUT2D eigenvalue weighted by Gasteiger charge is -2.23. The number of nitrogens with one attached hydrogen (secondary N) is 2. The molecular weight excluding hydrogens is 414 g/mol. The highest BCUT2D eigenvalue weighted by molar-refractivity contribution is 9.10. The molecule has 0 radical (unpaired) electrons. The first-order valence-electron chi connectivity index (χ1n) is 9.32. The van der Waals surface area contributed by atoms with E-state index in [1.54, 1.807) is 6.21 Å². The Balaban J connectivity index is 1.96. The molecule has 2 rings (SSSR count). The number of ether oxygens (including phenoxy) is 2. The minimum Gasteiger partial charge on any atom is -0.490 e. The zero-order chi connectivity index (χ0) is 18.8. The molecule has 5 nitrogen and oxygen atoms in total. The van der Waals surface area contributed by atoms with Crippen LogP contribution < -0.4 is 20.2 Å². The van der Waals surface area contributed by atoms with E-state index in [9.17, 15) is 0 Å². The van der Waals surface area contributed by atoms with Crippen molar-refractivity contribution in [3.8, 4) is 11.5 Å². The lowest BCUT2D eigenvalue weighted by atomic mass is 9.96. The molecule has 0 bridgehead atoms. The summed E-state index contributed by atoms with van der Waals surface area (Å²) < 4.78 is 12.3. The third kappa shape index (κ3) is 6.76. The smallest absolute Gasteiger partial charge is 0.187 e. The standard InChI is InChI=1S/C19H28BrN3O2S/c1-3-10-25-18-16(20)11-14(12-17(18)24-4-2)13-21-23-19(26)22-15-8-6-5-7-9-15/h11-13,15H,3-10H2,1-2H3,(H2,22,23,26)/b21-13-. The van der Waals surface area contributed by atoms with Crippen molar-refractivity contribution in [2.45, 2.75) is 58.4 Å². The van der Waals surface area contributed by atoms with Crippen LogP contribution in [0.4, 0.5) is 0 Å². The third-order valence-electron chi connectivity index (χ3n) is 4.10. The summed E-state index contributed by atoms with van der Waals surface area (Å²) in [7, 11) is 0. The molecule has 0 atom stereocenters. The molecule has 0 heterocycles. The summed E-state index contributed by atoms with van der Waals surface area (Å²) in [6.07, 6.45) is 8.88. The van der Waals surface area contributed by atoms with E-state index in [1.807, 2.05) is 19.1 Å². The molecule has 0 aliphatic heterocycles. The molecule has 0 saturated heterocycles. The Bertz CT molecular complexity index is 619. The normalized spacial score (nSPS) is 15.0. The number of hydrogen-bond acceptors (Lipinski definition) is 4. The Morgan fingerprint density at radius 1 is 1.27 bits per heavy atom. The van der Waals surface area contributed by atoms with Gasteiger partial charge in [-0.1, -0.05) is 26.2 Å². The molecule has 0 unspecified atom stereocenters. The molecule has 7 heteroatoms. The monoisotopic (exact) mass is 441 g/mol. The number of hydrogen-bond donors (Lipinski definition) is 2. The highest BCUT2D eigenvalue weighted by Crippen LogP contribution is 2.36. The van der Waals surface area contributed by atoms with Gasteiger partial charge in [0.05, 0.1) is 23.9 Å². The number of hydrazone groups is 1. The molecule has 1 aromatic rings. The first-order chi connectivity index (χ1) is 12.6. The molecule has 1 fully saturated rings. The highest BCUT2D eigenvalue weighted by atomic mass is 79.9. The van der Waals surface area contributed by atoms with Gasteiger partial charge in [0.25, 0.3) is 0 Å². The molecule has 0 aromatic heterocycles. The fourth-order valence-electron chi connectivity index (χ4n) is 2.90. The Labute approximate surface area is 170 Å². The maximum absolute atomic E-state index is 5.79. The summed E-state index contributed by atoms with van der Waals surface area (Å²) in [4.78, 5) is 0. The van der Waals surface area contributed by atoms with Crippen LogP contribution in [0.5, 0.6) is 11.5 Å². The zero-order valence-corrected chi connectivity index (χ0v) is 17.9. The minimum atomic E-state index is 0.465. The second-order valence-corrected chi connectivity index (χ2v) is 7.55.